The lowest BCUT2D eigenvalue weighted by Gasteiger charge is -2.30. The van der Waals surface area contributed by atoms with Gasteiger partial charge in [-0.05, 0) is 31.2 Å². The summed E-state index contributed by atoms with van der Waals surface area (Å²) < 4.78 is 7.64. The first kappa shape index (κ1) is 18.5. The number of carbonyl (C=O) groups is 1. The summed E-state index contributed by atoms with van der Waals surface area (Å²) in [5, 5.41) is 3.07. The van der Waals surface area contributed by atoms with Gasteiger partial charge in [-0.15, -0.1) is 0 Å². The Bertz CT molecular complexity index is 960. The molecule has 1 aliphatic heterocycles. The monoisotopic (exact) mass is 378 g/mol. The summed E-state index contributed by atoms with van der Waals surface area (Å²) in [6.07, 6.45) is 0.702. The van der Waals surface area contributed by atoms with Crippen LogP contribution in [-0.2, 0) is 17.7 Å². The third-order valence-corrected chi connectivity index (χ3v) is 5.18. The van der Waals surface area contributed by atoms with Gasteiger partial charge in [0.25, 0.3) is 5.91 Å². The molecule has 146 valence electrons. The van der Waals surface area contributed by atoms with E-state index in [1.54, 1.807) is 0 Å². The van der Waals surface area contributed by atoms with Crippen molar-refractivity contribution in [3.63, 3.8) is 0 Å². The Labute approximate surface area is 165 Å². The highest BCUT2D eigenvalue weighted by molar-refractivity contribution is 5.99. The van der Waals surface area contributed by atoms with Crippen molar-refractivity contribution in [3.05, 3.63) is 59.9 Å². The van der Waals surface area contributed by atoms with Crippen LogP contribution in [0.15, 0.2) is 48.5 Å². The summed E-state index contributed by atoms with van der Waals surface area (Å²) in [6, 6.07) is 15.9. The molecule has 6 heteroatoms. The van der Waals surface area contributed by atoms with Gasteiger partial charge in [0.15, 0.2) is 0 Å². The first-order chi connectivity index (χ1) is 13.8. The van der Waals surface area contributed by atoms with Gasteiger partial charge in [0, 0.05) is 38.3 Å². The molecule has 2 aromatic carbocycles. The van der Waals surface area contributed by atoms with Crippen molar-refractivity contribution in [3.8, 4) is 0 Å². The van der Waals surface area contributed by atoms with E-state index in [4.69, 9.17) is 9.72 Å². The summed E-state index contributed by atoms with van der Waals surface area (Å²) in [5.41, 5.74) is 3.84. The number of nitrogens with zero attached hydrogens (tertiary/aromatic N) is 3. The molecule has 28 heavy (non-hydrogen) atoms. The number of aromatic nitrogens is 2. The van der Waals surface area contributed by atoms with Crippen molar-refractivity contribution in [2.45, 2.75) is 19.9 Å². The Morgan fingerprint density at radius 1 is 1.11 bits per heavy atom. The second-order valence-electron chi connectivity index (χ2n) is 6.88. The molecule has 4 rings (SSSR count). The van der Waals surface area contributed by atoms with E-state index in [9.17, 15) is 4.79 Å². The van der Waals surface area contributed by atoms with Crippen LogP contribution in [-0.4, -0.2) is 48.3 Å². The first-order valence-electron chi connectivity index (χ1n) is 9.92. The van der Waals surface area contributed by atoms with Crippen molar-refractivity contribution in [2.24, 2.45) is 0 Å². The van der Waals surface area contributed by atoms with Crippen LogP contribution in [0.25, 0.3) is 11.0 Å². The SMILES string of the molecule is CCn1c(CCNC(=O)c2ccccc2N2CCOCC2)nc2ccccc21. The topological polar surface area (TPSA) is 59.4 Å². The van der Waals surface area contributed by atoms with Crippen LogP contribution in [0.5, 0.6) is 0 Å². The van der Waals surface area contributed by atoms with Crippen molar-refractivity contribution in [2.75, 3.05) is 37.7 Å². The van der Waals surface area contributed by atoms with Gasteiger partial charge in [0.05, 0.1) is 29.8 Å². The van der Waals surface area contributed by atoms with E-state index in [1.807, 2.05) is 42.5 Å². The Hall–Kier alpha value is -2.86. The number of fused-ring (bicyclic) bond motifs is 1. The number of carbonyl (C=O) groups excluding carboxylic acids is 1. The zero-order valence-corrected chi connectivity index (χ0v) is 16.2. The molecule has 0 spiro atoms. The minimum absolute atomic E-state index is 0.0405. The van der Waals surface area contributed by atoms with Crippen LogP contribution < -0.4 is 10.2 Å². The molecule has 0 bridgehead atoms. The Morgan fingerprint density at radius 2 is 1.86 bits per heavy atom. The maximum Gasteiger partial charge on any atom is 0.253 e. The quantitative estimate of drug-likeness (QED) is 0.717. The number of aryl methyl sites for hydroxylation is 1. The van der Waals surface area contributed by atoms with Crippen LogP contribution in [0.2, 0.25) is 0 Å². The van der Waals surface area contributed by atoms with Gasteiger partial charge in [0.2, 0.25) is 0 Å². The standard InChI is InChI=1S/C22H26N4O2/c1-2-26-20-10-6-4-8-18(20)24-21(26)11-12-23-22(27)17-7-3-5-9-19(17)25-13-15-28-16-14-25/h3-10H,2,11-16H2,1H3,(H,23,27). The summed E-state index contributed by atoms with van der Waals surface area (Å²) in [4.78, 5) is 19.8. The molecule has 1 aromatic heterocycles. The lowest BCUT2D eigenvalue weighted by molar-refractivity contribution is 0.0952. The molecule has 6 nitrogen and oxygen atoms in total. The summed E-state index contributed by atoms with van der Waals surface area (Å²) in [6.45, 7) is 6.56. The van der Waals surface area contributed by atoms with E-state index in [0.717, 1.165) is 42.2 Å². The molecule has 1 amide bonds. The van der Waals surface area contributed by atoms with Crippen LogP contribution >= 0.6 is 0 Å². The van der Waals surface area contributed by atoms with Crippen LogP contribution in [0.1, 0.15) is 23.1 Å². The maximum atomic E-state index is 12.8. The van der Waals surface area contributed by atoms with Gasteiger partial charge < -0.3 is 19.5 Å². The number of ether oxygens (including phenoxy) is 1. The largest absolute Gasteiger partial charge is 0.378 e. The molecule has 1 fully saturated rings. The number of nitrogens with one attached hydrogen (secondary N) is 1. The van der Waals surface area contributed by atoms with Crippen molar-refractivity contribution in [1.29, 1.82) is 0 Å². The van der Waals surface area contributed by atoms with Gasteiger partial charge in [-0.1, -0.05) is 24.3 Å². The van der Waals surface area contributed by atoms with Gasteiger partial charge in [-0.25, -0.2) is 4.98 Å². The number of amides is 1. The smallest absolute Gasteiger partial charge is 0.253 e. The van der Waals surface area contributed by atoms with Crippen LogP contribution in [0.3, 0.4) is 0 Å². The van der Waals surface area contributed by atoms with E-state index >= 15 is 0 Å². The minimum atomic E-state index is -0.0405. The molecular formula is C22H26N4O2. The normalized spacial score (nSPS) is 14.4. The Balaban J connectivity index is 1.44. The third-order valence-electron chi connectivity index (χ3n) is 5.18. The van der Waals surface area contributed by atoms with E-state index in [1.165, 1.54) is 0 Å². The molecule has 0 aliphatic carbocycles. The average molecular weight is 378 g/mol. The molecule has 2 heterocycles. The fraction of sp³-hybridized carbons (Fsp3) is 0.364. The van der Waals surface area contributed by atoms with Crippen molar-refractivity contribution < 1.29 is 9.53 Å². The third kappa shape index (κ3) is 3.73. The summed E-state index contributed by atoms with van der Waals surface area (Å²) in [5.74, 6) is 0.965. The molecule has 1 aliphatic rings. The zero-order valence-electron chi connectivity index (χ0n) is 16.2. The lowest BCUT2D eigenvalue weighted by Crippen LogP contribution is -2.38. The predicted octanol–water partition coefficient (Wildman–Crippen LogP) is 2.87. The molecule has 1 N–H and O–H groups in total. The van der Waals surface area contributed by atoms with Gasteiger partial charge in [0.1, 0.15) is 5.82 Å². The zero-order chi connectivity index (χ0) is 19.3. The number of para-hydroxylation sites is 3. The fourth-order valence-electron chi connectivity index (χ4n) is 3.80. The summed E-state index contributed by atoms with van der Waals surface area (Å²) in [7, 11) is 0. The van der Waals surface area contributed by atoms with E-state index in [-0.39, 0.29) is 5.91 Å². The highest BCUT2D eigenvalue weighted by Crippen LogP contribution is 2.21. The lowest BCUT2D eigenvalue weighted by atomic mass is 10.1. The molecule has 1 saturated heterocycles. The number of hydrogen-bond acceptors (Lipinski definition) is 4. The molecule has 0 saturated carbocycles. The maximum absolute atomic E-state index is 12.8. The fourth-order valence-corrected chi connectivity index (χ4v) is 3.80. The highest BCUT2D eigenvalue weighted by atomic mass is 16.5. The number of rotatable bonds is 6. The van der Waals surface area contributed by atoms with Gasteiger partial charge in [-0.2, -0.15) is 0 Å². The molecule has 3 aromatic rings. The predicted molar refractivity (Wildman–Crippen MR) is 111 cm³/mol. The van der Waals surface area contributed by atoms with E-state index in [2.05, 4.69) is 27.8 Å². The Morgan fingerprint density at radius 3 is 2.68 bits per heavy atom. The minimum Gasteiger partial charge on any atom is -0.378 e. The van der Waals surface area contributed by atoms with Gasteiger partial charge in [-0.3, -0.25) is 4.79 Å². The molecular weight excluding hydrogens is 352 g/mol. The number of benzene rings is 2. The Kier molecular flexibility index (Phi) is 5.58. The summed E-state index contributed by atoms with van der Waals surface area (Å²) >= 11 is 0. The van der Waals surface area contributed by atoms with Crippen LogP contribution in [0, 0.1) is 0 Å². The van der Waals surface area contributed by atoms with Crippen molar-refractivity contribution in [1.82, 2.24) is 14.9 Å². The first-order valence-corrected chi connectivity index (χ1v) is 9.92. The number of hydrogen-bond donors (Lipinski definition) is 1. The molecule has 0 radical (unpaired) electrons. The second-order valence-corrected chi connectivity index (χ2v) is 6.88. The number of anilines is 1. The second kappa shape index (κ2) is 8.44. The van der Waals surface area contributed by atoms with E-state index in [0.29, 0.717) is 31.7 Å². The average Bonchev–Trinajstić information content (AvgIpc) is 3.11. The molecule has 0 atom stereocenters. The molecule has 0 unspecified atom stereocenters. The van der Waals surface area contributed by atoms with E-state index < -0.39 is 0 Å². The van der Waals surface area contributed by atoms with Crippen molar-refractivity contribution >= 4 is 22.6 Å². The van der Waals surface area contributed by atoms with Gasteiger partial charge >= 0.3 is 0 Å². The number of imidazole rings is 1. The van der Waals surface area contributed by atoms with Crippen LogP contribution in [0.4, 0.5) is 5.69 Å². The number of morpholine rings is 1. The highest BCUT2D eigenvalue weighted by Gasteiger charge is 2.18.